The third-order valence-electron chi connectivity index (χ3n) is 2.81. The molecule has 0 aromatic heterocycles. The Kier molecular flexibility index (Phi) is 5.16. The third-order valence-corrected chi connectivity index (χ3v) is 3.17. The highest BCUT2D eigenvalue weighted by Crippen LogP contribution is 2.29. The molecule has 1 atom stereocenters. The molecule has 90 valence electrons. The lowest BCUT2D eigenvalue weighted by molar-refractivity contribution is 0.407. The largest absolute Gasteiger partial charge is 0.496 e. The van der Waals surface area contributed by atoms with Gasteiger partial charge in [-0.2, -0.15) is 12.6 Å². The molecule has 0 bridgehead atoms. The second-order valence-electron chi connectivity index (χ2n) is 4.18. The van der Waals surface area contributed by atoms with Gasteiger partial charge < -0.3 is 10.1 Å². The lowest BCUT2D eigenvalue weighted by atomic mass is 9.97. The Balaban J connectivity index is 3.10. The zero-order valence-corrected chi connectivity index (χ0v) is 11.3. The second kappa shape index (κ2) is 6.16. The zero-order valence-electron chi connectivity index (χ0n) is 10.4. The predicted octanol–water partition coefficient (Wildman–Crippen LogP) is 3.01. The molecule has 0 spiro atoms. The predicted molar refractivity (Wildman–Crippen MR) is 72.7 cm³/mol. The van der Waals surface area contributed by atoms with Gasteiger partial charge in [-0.05, 0) is 30.2 Å². The molecule has 0 radical (unpaired) electrons. The molecular weight excluding hydrogens is 218 g/mol. The maximum Gasteiger partial charge on any atom is 0.122 e. The van der Waals surface area contributed by atoms with Crippen molar-refractivity contribution in [3.63, 3.8) is 0 Å². The van der Waals surface area contributed by atoms with Crippen molar-refractivity contribution in [3.05, 3.63) is 29.3 Å². The van der Waals surface area contributed by atoms with Gasteiger partial charge in [0.25, 0.3) is 0 Å². The standard InChI is InChI=1S/C13H21NOS/c1-9(2)11-7-10(12(8-16)14-3)5-6-13(11)15-4/h5-7,9,12,14,16H,8H2,1-4H3. The lowest BCUT2D eigenvalue weighted by Gasteiger charge is -2.18. The molecule has 0 aliphatic heterocycles. The quantitative estimate of drug-likeness (QED) is 0.771. The minimum Gasteiger partial charge on any atom is -0.496 e. The fourth-order valence-electron chi connectivity index (χ4n) is 1.78. The van der Waals surface area contributed by atoms with Gasteiger partial charge in [-0.15, -0.1) is 0 Å². The molecule has 1 aromatic rings. The molecule has 16 heavy (non-hydrogen) atoms. The van der Waals surface area contributed by atoms with Crippen LogP contribution in [0.1, 0.15) is 36.9 Å². The number of methoxy groups -OCH3 is 1. The first kappa shape index (κ1) is 13.4. The van der Waals surface area contributed by atoms with Gasteiger partial charge in [-0.1, -0.05) is 26.0 Å². The lowest BCUT2D eigenvalue weighted by Crippen LogP contribution is -2.18. The van der Waals surface area contributed by atoms with Crippen molar-refractivity contribution in [2.45, 2.75) is 25.8 Å². The van der Waals surface area contributed by atoms with Crippen LogP contribution in [0.4, 0.5) is 0 Å². The van der Waals surface area contributed by atoms with Gasteiger partial charge in [0.2, 0.25) is 0 Å². The minimum absolute atomic E-state index is 0.298. The number of nitrogens with one attached hydrogen (secondary N) is 1. The van der Waals surface area contributed by atoms with Crippen molar-refractivity contribution in [3.8, 4) is 5.75 Å². The van der Waals surface area contributed by atoms with Crippen molar-refractivity contribution in [2.75, 3.05) is 19.9 Å². The maximum atomic E-state index is 5.37. The molecule has 1 unspecified atom stereocenters. The first-order valence-electron chi connectivity index (χ1n) is 5.60. The summed E-state index contributed by atoms with van der Waals surface area (Å²) < 4.78 is 5.37. The molecule has 0 amide bonds. The summed E-state index contributed by atoms with van der Waals surface area (Å²) in [4.78, 5) is 0. The Morgan fingerprint density at radius 1 is 1.38 bits per heavy atom. The van der Waals surface area contributed by atoms with Gasteiger partial charge in [0.05, 0.1) is 7.11 Å². The normalized spacial score (nSPS) is 12.9. The van der Waals surface area contributed by atoms with Crippen LogP contribution in [0.15, 0.2) is 18.2 Å². The summed E-state index contributed by atoms with van der Waals surface area (Å²) in [7, 11) is 3.68. The molecule has 1 rings (SSSR count). The Morgan fingerprint density at radius 2 is 2.06 bits per heavy atom. The van der Waals surface area contributed by atoms with Gasteiger partial charge in [-0.25, -0.2) is 0 Å². The topological polar surface area (TPSA) is 21.3 Å². The van der Waals surface area contributed by atoms with Crippen LogP contribution in [0.2, 0.25) is 0 Å². The van der Waals surface area contributed by atoms with E-state index in [-0.39, 0.29) is 0 Å². The van der Waals surface area contributed by atoms with E-state index in [0.29, 0.717) is 12.0 Å². The minimum atomic E-state index is 0.298. The van der Waals surface area contributed by atoms with Crippen LogP contribution in [0.5, 0.6) is 5.75 Å². The van der Waals surface area contributed by atoms with Crippen molar-refractivity contribution in [1.82, 2.24) is 5.32 Å². The number of rotatable bonds is 5. The molecule has 0 aliphatic carbocycles. The Morgan fingerprint density at radius 3 is 2.50 bits per heavy atom. The van der Waals surface area contributed by atoms with E-state index >= 15 is 0 Å². The SMILES string of the molecule is CNC(CS)c1ccc(OC)c(C(C)C)c1. The monoisotopic (exact) mass is 239 g/mol. The first-order chi connectivity index (χ1) is 7.63. The van der Waals surface area contributed by atoms with Crippen molar-refractivity contribution < 1.29 is 4.74 Å². The number of hydrogen-bond acceptors (Lipinski definition) is 3. The maximum absolute atomic E-state index is 5.37. The number of ether oxygens (including phenoxy) is 1. The van der Waals surface area contributed by atoms with E-state index < -0.39 is 0 Å². The molecular formula is C13H21NOS. The highest BCUT2D eigenvalue weighted by Gasteiger charge is 2.12. The molecule has 1 N–H and O–H groups in total. The number of benzene rings is 1. The number of thiol groups is 1. The summed E-state index contributed by atoms with van der Waals surface area (Å²) in [6, 6.07) is 6.65. The molecule has 0 heterocycles. The average molecular weight is 239 g/mol. The summed E-state index contributed by atoms with van der Waals surface area (Å²) in [5.41, 5.74) is 2.52. The molecule has 0 fully saturated rings. The van der Waals surface area contributed by atoms with Crippen LogP contribution in [-0.2, 0) is 0 Å². The fraction of sp³-hybridized carbons (Fsp3) is 0.538. The van der Waals surface area contributed by atoms with E-state index in [9.17, 15) is 0 Å². The molecule has 0 saturated carbocycles. The highest BCUT2D eigenvalue weighted by molar-refractivity contribution is 7.80. The highest BCUT2D eigenvalue weighted by atomic mass is 32.1. The summed E-state index contributed by atoms with van der Waals surface area (Å²) >= 11 is 4.35. The third kappa shape index (κ3) is 2.92. The summed E-state index contributed by atoms with van der Waals surface area (Å²) in [6.45, 7) is 4.35. The summed E-state index contributed by atoms with van der Waals surface area (Å²) in [5, 5.41) is 3.25. The van der Waals surface area contributed by atoms with Gasteiger partial charge in [-0.3, -0.25) is 0 Å². The molecule has 1 aromatic carbocycles. The van der Waals surface area contributed by atoms with E-state index in [0.717, 1.165) is 11.5 Å². The molecule has 0 saturated heterocycles. The average Bonchev–Trinajstić information content (AvgIpc) is 2.30. The summed E-state index contributed by atoms with van der Waals surface area (Å²) in [5.74, 6) is 2.22. The Bertz CT molecular complexity index is 335. The van der Waals surface area contributed by atoms with E-state index in [4.69, 9.17) is 4.74 Å². The molecule has 3 heteroatoms. The van der Waals surface area contributed by atoms with E-state index in [2.05, 4.69) is 43.9 Å². The van der Waals surface area contributed by atoms with Crippen LogP contribution >= 0.6 is 12.6 Å². The van der Waals surface area contributed by atoms with Crippen LogP contribution in [0.3, 0.4) is 0 Å². The van der Waals surface area contributed by atoms with Crippen molar-refractivity contribution in [2.24, 2.45) is 0 Å². The Hall–Kier alpha value is -0.670. The fourth-order valence-corrected chi connectivity index (χ4v) is 2.18. The molecule has 0 aliphatic rings. The summed E-state index contributed by atoms with van der Waals surface area (Å²) in [6.07, 6.45) is 0. The van der Waals surface area contributed by atoms with Crippen LogP contribution in [-0.4, -0.2) is 19.9 Å². The smallest absolute Gasteiger partial charge is 0.122 e. The van der Waals surface area contributed by atoms with Crippen molar-refractivity contribution in [1.29, 1.82) is 0 Å². The first-order valence-corrected chi connectivity index (χ1v) is 6.23. The van der Waals surface area contributed by atoms with Gasteiger partial charge >= 0.3 is 0 Å². The van der Waals surface area contributed by atoms with Gasteiger partial charge in [0, 0.05) is 11.8 Å². The van der Waals surface area contributed by atoms with E-state index in [1.165, 1.54) is 11.1 Å². The van der Waals surface area contributed by atoms with Crippen molar-refractivity contribution >= 4 is 12.6 Å². The van der Waals surface area contributed by atoms with Crippen LogP contribution < -0.4 is 10.1 Å². The molecule has 2 nitrogen and oxygen atoms in total. The van der Waals surface area contributed by atoms with E-state index in [1.807, 2.05) is 13.1 Å². The van der Waals surface area contributed by atoms with Gasteiger partial charge in [0.1, 0.15) is 5.75 Å². The Labute approximate surface area is 104 Å². The van der Waals surface area contributed by atoms with Crippen LogP contribution in [0.25, 0.3) is 0 Å². The van der Waals surface area contributed by atoms with Crippen LogP contribution in [0, 0.1) is 0 Å². The van der Waals surface area contributed by atoms with E-state index in [1.54, 1.807) is 7.11 Å². The van der Waals surface area contributed by atoms with Gasteiger partial charge in [0.15, 0.2) is 0 Å². The number of hydrogen-bond donors (Lipinski definition) is 2. The second-order valence-corrected chi connectivity index (χ2v) is 4.55. The zero-order chi connectivity index (χ0) is 12.1.